The molecule has 1 aliphatic rings. The van der Waals surface area contributed by atoms with Crippen molar-refractivity contribution in [2.75, 3.05) is 30.4 Å². The topological polar surface area (TPSA) is 88.1 Å². The number of benzene rings is 3. The van der Waals surface area contributed by atoms with Crippen LogP contribution in [0.1, 0.15) is 45.5 Å². The molecule has 1 heterocycles. The molecule has 206 valence electrons. The first-order valence-corrected chi connectivity index (χ1v) is 12.3. The summed E-state index contributed by atoms with van der Waals surface area (Å²) in [4.78, 5) is 26.6. The van der Waals surface area contributed by atoms with E-state index >= 15 is 0 Å². The Hall–Kier alpha value is -4.21. The lowest BCUT2D eigenvalue weighted by Crippen LogP contribution is -2.41. The minimum Gasteiger partial charge on any atom is -0.490 e. The fourth-order valence-corrected chi connectivity index (χ4v) is 4.64. The van der Waals surface area contributed by atoms with Gasteiger partial charge >= 0.3 is 12.1 Å². The number of fused-ring (bicyclic) bond motifs is 1. The Morgan fingerprint density at radius 3 is 2.44 bits per heavy atom. The van der Waals surface area contributed by atoms with Gasteiger partial charge in [-0.05, 0) is 73.9 Å². The van der Waals surface area contributed by atoms with Crippen LogP contribution in [0.4, 0.5) is 24.5 Å². The van der Waals surface area contributed by atoms with E-state index in [2.05, 4.69) is 10.2 Å². The number of para-hydroxylation sites is 2. The molecule has 3 aromatic carbocycles. The van der Waals surface area contributed by atoms with Gasteiger partial charge in [0.15, 0.2) is 0 Å². The smallest absolute Gasteiger partial charge is 0.418 e. The molecule has 39 heavy (non-hydrogen) atoms. The zero-order chi connectivity index (χ0) is 28.5. The molecule has 1 unspecified atom stereocenters. The lowest BCUT2D eigenvalue weighted by Gasteiger charge is -2.33. The van der Waals surface area contributed by atoms with Crippen molar-refractivity contribution in [1.82, 2.24) is 0 Å². The van der Waals surface area contributed by atoms with Crippen LogP contribution in [0, 0.1) is 13.8 Å². The minimum absolute atomic E-state index is 0.140. The number of likely N-dealkylation sites (N-methyl/N-ethyl adjacent to an activating group) is 1. The van der Waals surface area contributed by atoms with Crippen molar-refractivity contribution in [3.8, 4) is 11.5 Å². The number of aliphatic carboxylic acids is 1. The van der Waals surface area contributed by atoms with Crippen LogP contribution < -0.4 is 19.7 Å². The molecular weight excluding hydrogens is 513 g/mol. The van der Waals surface area contributed by atoms with Gasteiger partial charge in [-0.25, -0.2) is 0 Å². The van der Waals surface area contributed by atoms with E-state index in [0.717, 1.165) is 29.6 Å². The summed E-state index contributed by atoms with van der Waals surface area (Å²) in [6.45, 7) is 5.58. The van der Waals surface area contributed by atoms with E-state index in [1.807, 2.05) is 31.3 Å². The number of nitrogens with zero attached hydrogens (tertiary/aromatic N) is 1. The molecule has 0 aromatic heterocycles. The van der Waals surface area contributed by atoms with Crippen LogP contribution in [0.25, 0.3) is 0 Å². The second kappa shape index (κ2) is 10.9. The second-order valence-electron chi connectivity index (χ2n) is 9.65. The number of carbonyl (C=O) groups is 2. The van der Waals surface area contributed by atoms with E-state index < -0.39 is 35.2 Å². The zero-order valence-electron chi connectivity index (χ0n) is 21.9. The number of hydrogen-bond acceptors (Lipinski definition) is 5. The number of carboxylic acid groups (broad SMARTS) is 1. The van der Waals surface area contributed by atoms with Crippen molar-refractivity contribution in [3.05, 3.63) is 82.4 Å². The zero-order valence-corrected chi connectivity index (χ0v) is 21.9. The van der Waals surface area contributed by atoms with Crippen molar-refractivity contribution < 1.29 is 37.3 Å². The maximum absolute atomic E-state index is 13.7. The fraction of sp³-hybridized carbons (Fsp3) is 0.310. The van der Waals surface area contributed by atoms with Gasteiger partial charge in [0.05, 0.1) is 29.4 Å². The van der Waals surface area contributed by atoms with Gasteiger partial charge in [-0.2, -0.15) is 13.2 Å². The summed E-state index contributed by atoms with van der Waals surface area (Å²) in [6.07, 6.45) is -4.97. The van der Waals surface area contributed by atoms with Gasteiger partial charge in [-0.15, -0.1) is 0 Å². The predicted octanol–water partition coefficient (Wildman–Crippen LogP) is 6.04. The highest BCUT2D eigenvalue weighted by Crippen LogP contribution is 2.37. The second-order valence-corrected chi connectivity index (χ2v) is 9.65. The Bertz CT molecular complexity index is 1380. The van der Waals surface area contributed by atoms with Crippen LogP contribution in [-0.4, -0.2) is 43.3 Å². The first-order chi connectivity index (χ1) is 18.3. The van der Waals surface area contributed by atoms with Crippen molar-refractivity contribution >= 4 is 23.3 Å². The minimum atomic E-state index is -4.74. The molecule has 0 fully saturated rings. The fourth-order valence-electron chi connectivity index (χ4n) is 4.64. The van der Waals surface area contributed by atoms with Gasteiger partial charge in [-0.3, -0.25) is 9.59 Å². The molecule has 7 nitrogen and oxygen atoms in total. The Morgan fingerprint density at radius 2 is 1.79 bits per heavy atom. The van der Waals surface area contributed by atoms with E-state index in [4.69, 9.17) is 9.47 Å². The maximum Gasteiger partial charge on any atom is 0.418 e. The third kappa shape index (κ3) is 6.10. The van der Waals surface area contributed by atoms with Crippen molar-refractivity contribution in [3.63, 3.8) is 0 Å². The molecule has 4 rings (SSSR count). The highest BCUT2D eigenvalue weighted by molar-refractivity contribution is 6.07. The molecule has 0 spiro atoms. The average molecular weight is 543 g/mol. The molecule has 0 radical (unpaired) electrons. The maximum atomic E-state index is 13.7. The number of ether oxygens (including phenoxy) is 2. The van der Waals surface area contributed by atoms with Crippen LogP contribution >= 0.6 is 0 Å². The third-order valence-corrected chi connectivity index (χ3v) is 6.68. The van der Waals surface area contributed by atoms with Crippen molar-refractivity contribution in [2.24, 2.45) is 0 Å². The summed E-state index contributed by atoms with van der Waals surface area (Å²) in [7, 11) is 1.97. The van der Waals surface area contributed by atoms with E-state index in [1.165, 1.54) is 6.92 Å². The lowest BCUT2D eigenvalue weighted by atomic mass is 9.97. The monoisotopic (exact) mass is 542 g/mol. The number of alkyl halides is 3. The summed E-state index contributed by atoms with van der Waals surface area (Å²) < 4.78 is 53.0. The van der Waals surface area contributed by atoms with Crippen LogP contribution in [0.5, 0.6) is 11.5 Å². The predicted molar refractivity (Wildman–Crippen MR) is 141 cm³/mol. The van der Waals surface area contributed by atoms with Gasteiger partial charge in [0.25, 0.3) is 5.91 Å². The van der Waals surface area contributed by atoms with Gasteiger partial charge in [0.1, 0.15) is 24.2 Å². The molecule has 1 aliphatic heterocycles. The first-order valence-electron chi connectivity index (χ1n) is 12.3. The number of carbonyl (C=O) groups excluding carboxylic acids is 1. The number of hydrogen-bond donors (Lipinski definition) is 2. The van der Waals surface area contributed by atoms with Crippen molar-refractivity contribution in [1.29, 1.82) is 0 Å². The molecule has 2 atom stereocenters. The van der Waals surface area contributed by atoms with Gasteiger partial charge in [0.2, 0.25) is 0 Å². The number of nitrogens with one attached hydrogen (secondary N) is 1. The van der Waals surface area contributed by atoms with E-state index in [-0.39, 0.29) is 23.8 Å². The van der Waals surface area contributed by atoms with E-state index in [1.54, 1.807) is 26.0 Å². The van der Waals surface area contributed by atoms with Crippen molar-refractivity contribution in [2.45, 2.75) is 39.0 Å². The molecule has 1 amide bonds. The quantitative estimate of drug-likeness (QED) is 0.379. The Labute approximate surface area is 224 Å². The van der Waals surface area contributed by atoms with Crippen LogP contribution in [-0.2, 0) is 11.0 Å². The van der Waals surface area contributed by atoms with Crippen LogP contribution in [0.2, 0.25) is 0 Å². The molecule has 0 saturated carbocycles. The summed E-state index contributed by atoms with van der Waals surface area (Å²) in [6, 6.07) is 13.9. The summed E-state index contributed by atoms with van der Waals surface area (Å²) in [5.74, 6) is -1.72. The van der Waals surface area contributed by atoms with Crippen LogP contribution in [0.3, 0.4) is 0 Å². The standard InChI is InChI=1S/C29H29F3N2O5/c1-16-11-20(38-15-21-14-34(4)24-7-5-6-8-25(24)39-21)12-17(2)26(16)27(35)33-23-13-19(18(3)28(36)37)9-10-22(23)29(30,31)32/h5-13,18,21H,14-15H2,1-4H3,(H,33,35)(H,36,37)/t18?,21-/m0/s1. The Kier molecular flexibility index (Phi) is 7.76. The third-order valence-electron chi connectivity index (χ3n) is 6.68. The Morgan fingerprint density at radius 1 is 1.13 bits per heavy atom. The largest absolute Gasteiger partial charge is 0.490 e. The van der Waals surface area contributed by atoms with Gasteiger partial charge in [0, 0.05) is 12.6 Å². The molecule has 0 aliphatic carbocycles. The normalized spacial score (nSPS) is 15.7. The highest BCUT2D eigenvalue weighted by atomic mass is 19.4. The molecule has 0 saturated heterocycles. The number of carboxylic acids is 1. The van der Waals surface area contributed by atoms with E-state index in [0.29, 0.717) is 23.4 Å². The molecule has 2 N–H and O–H groups in total. The highest BCUT2D eigenvalue weighted by Gasteiger charge is 2.35. The van der Waals surface area contributed by atoms with E-state index in [9.17, 15) is 27.9 Å². The summed E-state index contributed by atoms with van der Waals surface area (Å²) >= 11 is 0. The first kappa shape index (κ1) is 27.8. The van der Waals surface area contributed by atoms with Gasteiger partial charge in [-0.1, -0.05) is 18.2 Å². The summed E-state index contributed by atoms with van der Waals surface area (Å²) in [5.41, 5.74) is 0.794. The van der Waals surface area contributed by atoms with Crippen LogP contribution in [0.15, 0.2) is 54.6 Å². The number of rotatable bonds is 7. The molecule has 0 bridgehead atoms. The number of aryl methyl sites for hydroxylation is 2. The number of amides is 1. The Balaban J connectivity index is 1.52. The molecule has 3 aromatic rings. The lowest BCUT2D eigenvalue weighted by molar-refractivity contribution is -0.138. The SMILES string of the molecule is Cc1cc(OC[C@@H]2CN(C)c3ccccc3O2)cc(C)c1C(=O)Nc1cc(C(C)C(=O)O)ccc1C(F)(F)F. The number of anilines is 2. The number of halogens is 3. The summed E-state index contributed by atoms with van der Waals surface area (Å²) in [5, 5.41) is 11.6. The molecule has 10 heteroatoms. The average Bonchev–Trinajstić information content (AvgIpc) is 2.86. The van der Waals surface area contributed by atoms with Gasteiger partial charge < -0.3 is 24.8 Å². The molecular formula is C29H29F3N2O5.